The Morgan fingerprint density at radius 3 is 3.00 bits per heavy atom. The lowest BCUT2D eigenvalue weighted by molar-refractivity contribution is 0.184. The van der Waals surface area contributed by atoms with Gasteiger partial charge in [-0.2, -0.15) is 4.39 Å². The zero-order valence-corrected chi connectivity index (χ0v) is 8.05. The van der Waals surface area contributed by atoms with E-state index in [1.165, 1.54) is 12.3 Å². The summed E-state index contributed by atoms with van der Waals surface area (Å²) in [5, 5.41) is 9.42. The first-order chi connectivity index (χ1) is 6.09. The molecule has 0 saturated heterocycles. The third-order valence-electron chi connectivity index (χ3n) is 1.71. The van der Waals surface area contributed by atoms with Gasteiger partial charge in [0.15, 0.2) is 0 Å². The van der Waals surface area contributed by atoms with Gasteiger partial charge in [0.25, 0.3) is 0 Å². The second kappa shape index (κ2) is 4.53. The molecule has 13 heavy (non-hydrogen) atoms. The minimum absolute atomic E-state index is 0.419. The number of aromatic nitrogens is 1. The molecule has 1 rings (SSSR count). The molecule has 1 atom stereocenters. The van der Waals surface area contributed by atoms with Crippen LogP contribution in [0, 0.1) is 5.95 Å². The van der Waals surface area contributed by atoms with Crippen LogP contribution in [-0.2, 0) is 6.42 Å². The lowest BCUT2D eigenvalue weighted by Gasteiger charge is -2.04. The van der Waals surface area contributed by atoms with Gasteiger partial charge < -0.3 is 5.11 Å². The highest BCUT2D eigenvalue weighted by Gasteiger charge is 2.05. The van der Waals surface area contributed by atoms with Gasteiger partial charge in [-0.3, -0.25) is 0 Å². The maximum Gasteiger partial charge on any atom is 0.216 e. The average Bonchev–Trinajstić information content (AvgIpc) is 2.06. The molecule has 1 aromatic heterocycles. The average molecular weight is 204 g/mol. The van der Waals surface area contributed by atoms with Crippen LogP contribution in [0.3, 0.4) is 0 Å². The van der Waals surface area contributed by atoms with Crippen molar-refractivity contribution in [3.8, 4) is 0 Å². The SMILES string of the molecule is CC(O)CCc1cc(Cl)cnc1F. The molecule has 2 nitrogen and oxygen atoms in total. The molecule has 1 aromatic rings. The fraction of sp³-hybridized carbons (Fsp3) is 0.444. The van der Waals surface area contributed by atoms with Crippen LogP contribution >= 0.6 is 11.6 Å². The van der Waals surface area contributed by atoms with Crippen molar-refractivity contribution in [3.05, 3.63) is 28.8 Å². The summed E-state index contributed by atoms with van der Waals surface area (Å²) >= 11 is 5.64. The molecule has 0 aliphatic rings. The normalized spacial score (nSPS) is 12.9. The Bertz CT molecular complexity index is 291. The van der Waals surface area contributed by atoms with E-state index < -0.39 is 12.1 Å². The van der Waals surface area contributed by atoms with Gasteiger partial charge in [0.05, 0.1) is 11.1 Å². The molecule has 0 saturated carbocycles. The second-order valence-electron chi connectivity index (χ2n) is 2.99. The number of nitrogens with zero attached hydrogens (tertiary/aromatic N) is 1. The summed E-state index contributed by atoms with van der Waals surface area (Å²) in [6.45, 7) is 1.66. The third kappa shape index (κ3) is 3.28. The van der Waals surface area contributed by atoms with E-state index in [4.69, 9.17) is 16.7 Å². The van der Waals surface area contributed by atoms with Crippen molar-refractivity contribution in [2.24, 2.45) is 0 Å². The number of aliphatic hydroxyl groups is 1. The van der Waals surface area contributed by atoms with Crippen LogP contribution in [0.25, 0.3) is 0 Å². The number of pyridine rings is 1. The fourth-order valence-electron chi connectivity index (χ4n) is 1.00. The van der Waals surface area contributed by atoms with Crippen molar-refractivity contribution in [3.63, 3.8) is 0 Å². The molecule has 0 bridgehead atoms. The van der Waals surface area contributed by atoms with Crippen LogP contribution in [-0.4, -0.2) is 16.2 Å². The van der Waals surface area contributed by atoms with E-state index in [0.717, 1.165) is 0 Å². The van der Waals surface area contributed by atoms with Gasteiger partial charge in [-0.05, 0) is 25.8 Å². The Morgan fingerprint density at radius 1 is 1.69 bits per heavy atom. The largest absolute Gasteiger partial charge is 0.393 e. The summed E-state index contributed by atoms with van der Waals surface area (Å²) in [6, 6.07) is 1.53. The zero-order chi connectivity index (χ0) is 9.84. The fourth-order valence-corrected chi connectivity index (χ4v) is 1.18. The first-order valence-electron chi connectivity index (χ1n) is 4.07. The van der Waals surface area contributed by atoms with Crippen molar-refractivity contribution < 1.29 is 9.50 Å². The van der Waals surface area contributed by atoms with Crippen LogP contribution in [0.2, 0.25) is 5.02 Å². The van der Waals surface area contributed by atoms with Crippen molar-refractivity contribution in [1.29, 1.82) is 0 Å². The lowest BCUT2D eigenvalue weighted by atomic mass is 10.1. The van der Waals surface area contributed by atoms with Crippen molar-refractivity contribution in [1.82, 2.24) is 4.98 Å². The number of halogens is 2. The van der Waals surface area contributed by atoms with Crippen LogP contribution in [0.4, 0.5) is 4.39 Å². The van der Waals surface area contributed by atoms with Crippen LogP contribution in [0.1, 0.15) is 18.9 Å². The van der Waals surface area contributed by atoms with Gasteiger partial charge in [-0.15, -0.1) is 0 Å². The highest BCUT2D eigenvalue weighted by Crippen LogP contribution is 2.14. The van der Waals surface area contributed by atoms with Gasteiger partial charge >= 0.3 is 0 Å². The molecule has 0 aromatic carbocycles. The summed E-state index contributed by atoms with van der Waals surface area (Å²) in [5.74, 6) is -0.509. The van der Waals surface area contributed by atoms with E-state index in [2.05, 4.69) is 4.98 Å². The predicted octanol–water partition coefficient (Wildman–Crippen LogP) is 2.19. The number of hydrogen-bond donors (Lipinski definition) is 1. The summed E-state index contributed by atoms with van der Waals surface area (Å²) < 4.78 is 13.0. The van der Waals surface area contributed by atoms with E-state index in [9.17, 15) is 4.39 Å². The molecule has 72 valence electrons. The molecule has 1 N–H and O–H groups in total. The Kier molecular flexibility index (Phi) is 3.63. The standard InChI is InChI=1S/C9H11ClFNO/c1-6(13)2-3-7-4-8(10)5-12-9(7)11/h4-6,13H,2-3H2,1H3. The van der Waals surface area contributed by atoms with Crippen molar-refractivity contribution in [2.45, 2.75) is 25.9 Å². The summed E-state index contributed by atoms with van der Waals surface area (Å²) in [4.78, 5) is 3.48. The van der Waals surface area contributed by atoms with Gasteiger partial charge in [0, 0.05) is 11.8 Å². The van der Waals surface area contributed by atoms with E-state index in [1.54, 1.807) is 6.92 Å². The van der Waals surface area contributed by atoms with Gasteiger partial charge in [0.2, 0.25) is 5.95 Å². The lowest BCUT2D eigenvalue weighted by Crippen LogP contribution is -2.03. The molecule has 0 aliphatic carbocycles. The molecule has 0 radical (unpaired) electrons. The number of aryl methyl sites for hydroxylation is 1. The van der Waals surface area contributed by atoms with Crippen molar-refractivity contribution >= 4 is 11.6 Å². The summed E-state index contributed by atoms with van der Waals surface area (Å²) in [6.07, 6.45) is 1.80. The minimum Gasteiger partial charge on any atom is -0.393 e. The minimum atomic E-state index is -0.509. The molecule has 0 aliphatic heterocycles. The Balaban J connectivity index is 2.70. The first kappa shape index (κ1) is 10.4. The van der Waals surface area contributed by atoms with Crippen LogP contribution in [0.5, 0.6) is 0 Å². The molecule has 0 amide bonds. The Morgan fingerprint density at radius 2 is 2.38 bits per heavy atom. The second-order valence-corrected chi connectivity index (χ2v) is 3.43. The van der Waals surface area contributed by atoms with Gasteiger partial charge in [0.1, 0.15) is 0 Å². The zero-order valence-electron chi connectivity index (χ0n) is 7.30. The van der Waals surface area contributed by atoms with Crippen LogP contribution < -0.4 is 0 Å². The van der Waals surface area contributed by atoms with E-state index in [-0.39, 0.29) is 0 Å². The quantitative estimate of drug-likeness (QED) is 0.764. The van der Waals surface area contributed by atoms with Crippen molar-refractivity contribution in [2.75, 3.05) is 0 Å². The van der Waals surface area contributed by atoms with Gasteiger partial charge in [-0.25, -0.2) is 4.98 Å². The smallest absolute Gasteiger partial charge is 0.216 e. The summed E-state index contributed by atoms with van der Waals surface area (Å²) in [7, 11) is 0. The van der Waals surface area contributed by atoms with E-state index >= 15 is 0 Å². The topological polar surface area (TPSA) is 33.1 Å². The number of aliphatic hydroxyl groups excluding tert-OH is 1. The molecule has 4 heteroatoms. The first-order valence-corrected chi connectivity index (χ1v) is 4.45. The summed E-state index contributed by atoms with van der Waals surface area (Å²) in [5.41, 5.74) is 0.452. The van der Waals surface area contributed by atoms with Crippen LogP contribution in [0.15, 0.2) is 12.3 Å². The molecular formula is C9H11ClFNO. The predicted molar refractivity (Wildman–Crippen MR) is 49.2 cm³/mol. The molecular weight excluding hydrogens is 193 g/mol. The third-order valence-corrected chi connectivity index (χ3v) is 1.92. The molecule has 1 heterocycles. The maximum atomic E-state index is 13.0. The molecule has 1 unspecified atom stereocenters. The van der Waals surface area contributed by atoms with E-state index in [1.807, 2.05) is 0 Å². The monoisotopic (exact) mass is 203 g/mol. The number of rotatable bonds is 3. The Labute approximate surface area is 81.4 Å². The number of hydrogen-bond acceptors (Lipinski definition) is 2. The Hall–Kier alpha value is -0.670. The maximum absolute atomic E-state index is 13.0. The van der Waals surface area contributed by atoms with E-state index in [0.29, 0.717) is 23.4 Å². The van der Waals surface area contributed by atoms with Gasteiger partial charge in [-0.1, -0.05) is 11.6 Å². The molecule has 0 spiro atoms. The highest BCUT2D eigenvalue weighted by atomic mass is 35.5. The molecule has 0 fully saturated rings. The highest BCUT2D eigenvalue weighted by molar-refractivity contribution is 6.30.